The van der Waals surface area contributed by atoms with E-state index in [2.05, 4.69) is 20.6 Å². The van der Waals surface area contributed by atoms with Crippen molar-refractivity contribution in [3.8, 4) is 5.75 Å². The lowest BCUT2D eigenvalue weighted by atomic mass is 10.2. The number of nitrogens with one attached hydrogen (secondary N) is 2. The molecule has 0 saturated heterocycles. The Bertz CT molecular complexity index is 658. The van der Waals surface area contributed by atoms with Crippen LogP contribution in [-0.4, -0.2) is 24.1 Å². The minimum absolute atomic E-state index is 0.220. The fourth-order valence-corrected chi connectivity index (χ4v) is 2.12. The number of hydrogen-bond donors (Lipinski definition) is 2. The maximum absolute atomic E-state index is 13.7. The van der Waals surface area contributed by atoms with Gasteiger partial charge in [0.1, 0.15) is 5.82 Å². The van der Waals surface area contributed by atoms with Crippen LogP contribution in [-0.2, 0) is 0 Å². The van der Waals surface area contributed by atoms with Crippen molar-refractivity contribution in [2.24, 2.45) is 0 Å². The summed E-state index contributed by atoms with van der Waals surface area (Å²) in [5, 5.41) is 6.06. The zero-order chi connectivity index (χ0) is 14.8. The molecule has 6 heteroatoms. The molecule has 2 aromatic rings. The average Bonchev–Trinajstić information content (AvgIpc) is 3.32. The second-order valence-electron chi connectivity index (χ2n) is 5.00. The van der Waals surface area contributed by atoms with Crippen molar-refractivity contribution in [2.45, 2.75) is 18.8 Å². The number of hydrogen-bond acceptors (Lipinski definition) is 5. The first-order valence-corrected chi connectivity index (χ1v) is 6.87. The maximum Gasteiger partial charge on any atom is 0.224 e. The highest BCUT2D eigenvalue weighted by Gasteiger charge is 2.26. The fourth-order valence-electron chi connectivity index (χ4n) is 2.12. The molecule has 1 aromatic carbocycles. The van der Waals surface area contributed by atoms with Gasteiger partial charge in [-0.3, -0.25) is 0 Å². The van der Waals surface area contributed by atoms with Gasteiger partial charge in [-0.25, -0.2) is 9.37 Å². The van der Waals surface area contributed by atoms with Crippen LogP contribution in [0.3, 0.4) is 0 Å². The van der Waals surface area contributed by atoms with E-state index < -0.39 is 5.82 Å². The highest BCUT2D eigenvalue weighted by atomic mass is 19.1. The number of rotatable bonds is 5. The summed E-state index contributed by atoms with van der Waals surface area (Å²) in [6, 6.07) is 6.64. The number of halogens is 1. The van der Waals surface area contributed by atoms with Gasteiger partial charge >= 0.3 is 0 Å². The third kappa shape index (κ3) is 3.04. The predicted molar refractivity (Wildman–Crippen MR) is 79.8 cm³/mol. The lowest BCUT2D eigenvalue weighted by Gasteiger charge is -2.10. The van der Waals surface area contributed by atoms with Gasteiger partial charge in [0.2, 0.25) is 5.95 Å². The van der Waals surface area contributed by atoms with Gasteiger partial charge < -0.3 is 15.4 Å². The Morgan fingerprint density at radius 3 is 2.67 bits per heavy atom. The quantitative estimate of drug-likeness (QED) is 0.884. The zero-order valence-corrected chi connectivity index (χ0v) is 12.0. The number of methoxy groups -OCH3 is 1. The van der Waals surface area contributed by atoms with Crippen LogP contribution in [0, 0.1) is 5.82 Å². The van der Waals surface area contributed by atoms with Crippen molar-refractivity contribution in [3.63, 3.8) is 0 Å². The molecular weight excluding hydrogens is 271 g/mol. The van der Waals surface area contributed by atoms with Gasteiger partial charge in [0.15, 0.2) is 11.6 Å². The molecule has 5 nitrogen and oxygen atoms in total. The van der Waals surface area contributed by atoms with Gasteiger partial charge in [0, 0.05) is 30.8 Å². The molecule has 2 N–H and O–H groups in total. The molecule has 3 rings (SSSR count). The van der Waals surface area contributed by atoms with Crippen LogP contribution in [0.5, 0.6) is 5.75 Å². The van der Waals surface area contributed by atoms with E-state index in [9.17, 15) is 4.39 Å². The molecule has 0 amide bonds. The van der Waals surface area contributed by atoms with E-state index in [1.165, 1.54) is 13.2 Å². The molecule has 0 bridgehead atoms. The molecule has 1 aromatic heterocycles. The molecule has 21 heavy (non-hydrogen) atoms. The normalized spacial score (nSPS) is 13.9. The van der Waals surface area contributed by atoms with Crippen molar-refractivity contribution in [3.05, 3.63) is 35.8 Å². The number of nitrogens with zero attached hydrogens (tertiary/aromatic N) is 2. The monoisotopic (exact) mass is 288 g/mol. The Morgan fingerprint density at radius 2 is 2.05 bits per heavy atom. The van der Waals surface area contributed by atoms with E-state index in [1.807, 2.05) is 6.07 Å². The van der Waals surface area contributed by atoms with Crippen molar-refractivity contribution < 1.29 is 9.13 Å². The second kappa shape index (κ2) is 5.55. The Balaban J connectivity index is 1.86. The number of anilines is 3. The Kier molecular flexibility index (Phi) is 3.60. The molecule has 1 aliphatic carbocycles. The SMILES string of the molecule is CNc1nc(Nc2ccc(OC)c(F)c2)cc(C2CC2)n1. The molecule has 0 spiro atoms. The summed E-state index contributed by atoms with van der Waals surface area (Å²) in [7, 11) is 3.22. The van der Waals surface area contributed by atoms with Crippen molar-refractivity contribution in [2.75, 3.05) is 24.8 Å². The highest BCUT2D eigenvalue weighted by molar-refractivity contribution is 5.59. The lowest BCUT2D eigenvalue weighted by molar-refractivity contribution is 0.386. The number of ether oxygens (including phenoxy) is 1. The molecule has 1 saturated carbocycles. The number of benzene rings is 1. The molecule has 110 valence electrons. The highest BCUT2D eigenvalue weighted by Crippen LogP contribution is 2.40. The molecule has 0 atom stereocenters. The van der Waals surface area contributed by atoms with Gasteiger partial charge in [-0.05, 0) is 25.0 Å². The van der Waals surface area contributed by atoms with Crippen LogP contribution in [0.1, 0.15) is 24.5 Å². The molecule has 1 fully saturated rings. The van der Waals surface area contributed by atoms with Gasteiger partial charge in [-0.15, -0.1) is 0 Å². The van der Waals surface area contributed by atoms with Gasteiger partial charge in [-0.2, -0.15) is 4.98 Å². The largest absolute Gasteiger partial charge is 0.494 e. The third-order valence-corrected chi connectivity index (χ3v) is 3.39. The van der Waals surface area contributed by atoms with Crippen LogP contribution in [0.2, 0.25) is 0 Å². The smallest absolute Gasteiger partial charge is 0.224 e. The van der Waals surface area contributed by atoms with Gasteiger partial charge in [-0.1, -0.05) is 0 Å². The maximum atomic E-state index is 13.7. The van der Waals surface area contributed by atoms with Crippen LogP contribution < -0.4 is 15.4 Å². The topological polar surface area (TPSA) is 59.1 Å². The average molecular weight is 288 g/mol. The van der Waals surface area contributed by atoms with E-state index in [4.69, 9.17) is 4.74 Å². The van der Waals surface area contributed by atoms with Crippen molar-refractivity contribution in [1.82, 2.24) is 9.97 Å². The van der Waals surface area contributed by atoms with Crippen LogP contribution in [0.25, 0.3) is 0 Å². The summed E-state index contributed by atoms with van der Waals surface area (Å²) in [5.74, 6) is 1.55. The van der Waals surface area contributed by atoms with Crippen LogP contribution in [0.15, 0.2) is 24.3 Å². The second-order valence-corrected chi connectivity index (χ2v) is 5.00. The first-order chi connectivity index (χ1) is 10.2. The van der Waals surface area contributed by atoms with E-state index in [1.54, 1.807) is 19.2 Å². The Morgan fingerprint density at radius 1 is 1.24 bits per heavy atom. The molecule has 0 radical (unpaired) electrons. The zero-order valence-electron chi connectivity index (χ0n) is 12.0. The van der Waals surface area contributed by atoms with Crippen LogP contribution in [0.4, 0.5) is 21.8 Å². The summed E-state index contributed by atoms with van der Waals surface area (Å²) in [6.07, 6.45) is 2.33. The van der Waals surface area contributed by atoms with E-state index in [-0.39, 0.29) is 5.75 Å². The summed E-state index contributed by atoms with van der Waals surface area (Å²) < 4.78 is 18.6. The molecule has 0 aliphatic heterocycles. The molecule has 1 aliphatic rings. The van der Waals surface area contributed by atoms with Crippen molar-refractivity contribution in [1.29, 1.82) is 0 Å². The first kappa shape index (κ1) is 13.6. The Hall–Kier alpha value is -2.37. The lowest BCUT2D eigenvalue weighted by Crippen LogP contribution is -2.03. The summed E-state index contributed by atoms with van der Waals surface area (Å²) >= 11 is 0. The fraction of sp³-hybridized carbons (Fsp3) is 0.333. The molecule has 0 unspecified atom stereocenters. The third-order valence-electron chi connectivity index (χ3n) is 3.39. The summed E-state index contributed by atoms with van der Waals surface area (Å²) in [6.45, 7) is 0. The molecule has 1 heterocycles. The standard InChI is InChI=1S/C15H17FN4O/c1-17-15-19-12(9-3-4-9)8-14(20-15)18-10-5-6-13(21-2)11(16)7-10/h5-9H,3-4H2,1-2H3,(H2,17,18,19,20). The first-order valence-electron chi connectivity index (χ1n) is 6.87. The van der Waals surface area contributed by atoms with E-state index >= 15 is 0 Å². The van der Waals surface area contributed by atoms with E-state index in [0.717, 1.165) is 18.5 Å². The molecular formula is C15H17FN4O. The summed E-state index contributed by atoms with van der Waals surface area (Å²) in [5.41, 5.74) is 1.64. The van der Waals surface area contributed by atoms with E-state index in [0.29, 0.717) is 23.4 Å². The minimum atomic E-state index is -0.409. The Labute approximate surface area is 122 Å². The van der Waals surface area contributed by atoms with Gasteiger partial charge in [0.05, 0.1) is 12.8 Å². The predicted octanol–water partition coefficient (Wildman–Crippen LogP) is 3.29. The summed E-state index contributed by atoms with van der Waals surface area (Å²) in [4.78, 5) is 8.79. The van der Waals surface area contributed by atoms with Crippen molar-refractivity contribution >= 4 is 17.5 Å². The van der Waals surface area contributed by atoms with Gasteiger partial charge in [0.25, 0.3) is 0 Å². The number of aromatic nitrogens is 2. The minimum Gasteiger partial charge on any atom is -0.494 e. The van der Waals surface area contributed by atoms with Crippen LogP contribution >= 0.6 is 0 Å².